The third-order valence-electron chi connectivity index (χ3n) is 3.37. The van der Waals surface area contributed by atoms with Crippen molar-refractivity contribution in [3.8, 4) is 5.75 Å². The van der Waals surface area contributed by atoms with Gasteiger partial charge >= 0.3 is 0 Å². The predicted molar refractivity (Wildman–Crippen MR) is 81.6 cm³/mol. The average molecular weight is 303 g/mol. The summed E-state index contributed by atoms with van der Waals surface area (Å²) in [6, 6.07) is 5.57. The van der Waals surface area contributed by atoms with E-state index in [2.05, 4.69) is 15.5 Å². The van der Waals surface area contributed by atoms with E-state index in [1.54, 1.807) is 13.8 Å². The van der Waals surface area contributed by atoms with Crippen molar-refractivity contribution in [1.29, 1.82) is 0 Å². The highest BCUT2D eigenvalue weighted by molar-refractivity contribution is 5.76. The first-order valence-electron chi connectivity index (χ1n) is 7.25. The van der Waals surface area contributed by atoms with E-state index in [-0.39, 0.29) is 18.4 Å². The van der Waals surface area contributed by atoms with Crippen molar-refractivity contribution in [2.24, 2.45) is 0 Å². The highest BCUT2D eigenvalue weighted by Crippen LogP contribution is 2.16. The lowest BCUT2D eigenvalue weighted by molar-refractivity contribution is -0.122. The Balaban J connectivity index is 1.76. The van der Waals surface area contributed by atoms with Gasteiger partial charge in [-0.3, -0.25) is 4.79 Å². The van der Waals surface area contributed by atoms with Crippen LogP contribution in [0.15, 0.2) is 22.7 Å². The summed E-state index contributed by atoms with van der Waals surface area (Å²) in [6.45, 7) is 7.94. The van der Waals surface area contributed by atoms with Gasteiger partial charge in [0.2, 0.25) is 11.8 Å². The summed E-state index contributed by atoms with van der Waals surface area (Å²) in [4.78, 5) is 15.9. The molecule has 1 aromatic heterocycles. The number of ether oxygens (including phenoxy) is 1. The molecule has 1 N–H and O–H groups in total. The number of hydrogen-bond donors (Lipinski definition) is 1. The third kappa shape index (κ3) is 4.31. The van der Waals surface area contributed by atoms with Gasteiger partial charge in [0.05, 0.1) is 13.0 Å². The number of carbonyl (C=O) groups excluding carboxylic acids is 1. The molecule has 6 nitrogen and oxygen atoms in total. The second kappa shape index (κ2) is 7.06. The normalized spacial score (nSPS) is 12.0. The number of nitrogens with one attached hydrogen (secondary N) is 1. The van der Waals surface area contributed by atoms with Crippen LogP contribution in [0.5, 0.6) is 5.75 Å². The van der Waals surface area contributed by atoms with Crippen LogP contribution in [0.4, 0.5) is 0 Å². The number of aromatic nitrogens is 2. The minimum Gasteiger partial charge on any atom is -0.493 e. The Labute approximate surface area is 129 Å². The van der Waals surface area contributed by atoms with Crippen LogP contribution in [-0.2, 0) is 4.79 Å². The number of amides is 1. The lowest BCUT2D eigenvalue weighted by atomic mass is 10.1. The minimum absolute atomic E-state index is 0.118. The SMILES string of the molecule is Cc1noc([C@H](C)NC(=O)CCOc2ccc(C)c(C)c2)n1. The molecule has 0 fully saturated rings. The van der Waals surface area contributed by atoms with Crippen LogP contribution < -0.4 is 10.1 Å². The molecule has 0 bridgehead atoms. The highest BCUT2D eigenvalue weighted by Gasteiger charge is 2.15. The zero-order chi connectivity index (χ0) is 16.1. The molecule has 1 amide bonds. The Bertz CT molecular complexity index is 652. The first-order valence-corrected chi connectivity index (χ1v) is 7.25. The Hall–Kier alpha value is -2.37. The van der Waals surface area contributed by atoms with Gasteiger partial charge < -0.3 is 14.6 Å². The van der Waals surface area contributed by atoms with Crippen LogP contribution in [0, 0.1) is 20.8 Å². The van der Waals surface area contributed by atoms with Gasteiger partial charge in [0.15, 0.2) is 5.82 Å². The fourth-order valence-electron chi connectivity index (χ4n) is 1.93. The zero-order valence-electron chi connectivity index (χ0n) is 13.3. The molecule has 0 saturated heterocycles. The second-order valence-corrected chi connectivity index (χ2v) is 5.31. The molecule has 0 spiro atoms. The second-order valence-electron chi connectivity index (χ2n) is 5.31. The quantitative estimate of drug-likeness (QED) is 0.887. The summed E-state index contributed by atoms with van der Waals surface area (Å²) in [5, 5.41) is 6.50. The minimum atomic E-state index is -0.310. The number of rotatable bonds is 6. The first-order chi connectivity index (χ1) is 10.5. The van der Waals surface area contributed by atoms with E-state index in [0.29, 0.717) is 18.3 Å². The van der Waals surface area contributed by atoms with Crippen LogP contribution in [0.25, 0.3) is 0 Å². The van der Waals surface area contributed by atoms with Gasteiger partial charge in [0.25, 0.3) is 0 Å². The van der Waals surface area contributed by atoms with E-state index in [0.717, 1.165) is 5.75 Å². The van der Waals surface area contributed by atoms with Gasteiger partial charge in [-0.25, -0.2) is 0 Å². The van der Waals surface area contributed by atoms with Crippen LogP contribution in [-0.4, -0.2) is 22.7 Å². The molecule has 2 aromatic rings. The zero-order valence-corrected chi connectivity index (χ0v) is 13.3. The average Bonchev–Trinajstić information content (AvgIpc) is 2.89. The molecular weight excluding hydrogens is 282 g/mol. The maximum Gasteiger partial charge on any atom is 0.248 e. The maximum atomic E-state index is 11.9. The van der Waals surface area contributed by atoms with Crippen molar-refractivity contribution in [2.45, 2.75) is 40.2 Å². The fourth-order valence-corrected chi connectivity index (χ4v) is 1.93. The van der Waals surface area contributed by atoms with Crippen molar-refractivity contribution >= 4 is 5.91 Å². The standard InChI is InChI=1S/C16H21N3O3/c1-10-5-6-14(9-11(10)2)21-8-7-15(20)17-12(3)16-18-13(4)19-22-16/h5-6,9,12H,7-8H2,1-4H3,(H,17,20)/t12-/m0/s1. The molecule has 1 heterocycles. The molecule has 0 aliphatic heterocycles. The van der Waals surface area contributed by atoms with E-state index in [9.17, 15) is 4.79 Å². The smallest absolute Gasteiger partial charge is 0.248 e. The number of aryl methyl sites for hydroxylation is 3. The van der Waals surface area contributed by atoms with Crippen molar-refractivity contribution in [3.05, 3.63) is 41.0 Å². The van der Waals surface area contributed by atoms with E-state index in [1.165, 1.54) is 11.1 Å². The molecule has 2 rings (SSSR count). The Morgan fingerprint density at radius 1 is 1.32 bits per heavy atom. The summed E-state index contributed by atoms with van der Waals surface area (Å²) in [5.41, 5.74) is 2.39. The lowest BCUT2D eigenvalue weighted by Crippen LogP contribution is -2.28. The molecular formula is C16H21N3O3. The van der Waals surface area contributed by atoms with Gasteiger partial charge in [-0.1, -0.05) is 11.2 Å². The maximum absolute atomic E-state index is 11.9. The number of nitrogens with zero attached hydrogens (tertiary/aromatic N) is 2. The summed E-state index contributed by atoms with van der Waals surface area (Å²) in [7, 11) is 0. The van der Waals surface area contributed by atoms with E-state index in [1.807, 2.05) is 32.0 Å². The molecule has 1 atom stereocenters. The highest BCUT2D eigenvalue weighted by atomic mass is 16.5. The Morgan fingerprint density at radius 2 is 2.09 bits per heavy atom. The molecule has 0 unspecified atom stereocenters. The molecule has 0 radical (unpaired) electrons. The Morgan fingerprint density at radius 3 is 2.73 bits per heavy atom. The number of carbonyl (C=O) groups is 1. The first kappa shape index (κ1) is 16.0. The van der Waals surface area contributed by atoms with Gasteiger partial charge in [-0.2, -0.15) is 4.98 Å². The molecule has 1 aromatic carbocycles. The monoisotopic (exact) mass is 303 g/mol. The lowest BCUT2D eigenvalue weighted by Gasteiger charge is -2.11. The third-order valence-corrected chi connectivity index (χ3v) is 3.37. The molecule has 118 valence electrons. The molecule has 6 heteroatoms. The predicted octanol–water partition coefficient (Wildman–Crippen LogP) is 2.64. The van der Waals surface area contributed by atoms with Crippen LogP contribution in [0.2, 0.25) is 0 Å². The van der Waals surface area contributed by atoms with Crippen molar-refractivity contribution in [2.75, 3.05) is 6.61 Å². The van der Waals surface area contributed by atoms with Crippen LogP contribution in [0.1, 0.15) is 42.2 Å². The number of benzene rings is 1. The van der Waals surface area contributed by atoms with Crippen molar-refractivity contribution < 1.29 is 14.1 Å². The summed E-state index contributed by atoms with van der Waals surface area (Å²) in [6.07, 6.45) is 0.268. The van der Waals surface area contributed by atoms with Gasteiger partial charge in [-0.05, 0) is 51.0 Å². The summed E-state index contributed by atoms with van der Waals surface area (Å²) >= 11 is 0. The Kier molecular flexibility index (Phi) is 5.14. The number of hydrogen-bond acceptors (Lipinski definition) is 5. The van der Waals surface area contributed by atoms with E-state index >= 15 is 0 Å². The van der Waals surface area contributed by atoms with Gasteiger partial charge in [0, 0.05) is 0 Å². The topological polar surface area (TPSA) is 77.2 Å². The largest absolute Gasteiger partial charge is 0.493 e. The summed E-state index contributed by atoms with van der Waals surface area (Å²) in [5.74, 6) is 1.61. The fraction of sp³-hybridized carbons (Fsp3) is 0.438. The molecule has 0 aliphatic rings. The molecule has 22 heavy (non-hydrogen) atoms. The van der Waals surface area contributed by atoms with Crippen molar-refractivity contribution in [1.82, 2.24) is 15.5 Å². The summed E-state index contributed by atoms with van der Waals surface area (Å²) < 4.78 is 10.6. The van der Waals surface area contributed by atoms with E-state index in [4.69, 9.17) is 9.26 Å². The molecule has 0 aliphatic carbocycles. The van der Waals surface area contributed by atoms with Gasteiger partial charge in [0.1, 0.15) is 11.8 Å². The molecule has 0 saturated carbocycles. The van der Waals surface area contributed by atoms with Crippen molar-refractivity contribution in [3.63, 3.8) is 0 Å². The van der Waals surface area contributed by atoms with Gasteiger partial charge in [-0.15, -0.1) is 0 Å². The van der Waals surface area contributed by atoms with Crippen LogP contribution >= 0.6 is 0 Å². The van der Waals surface area contributed by atoms with Crippen LogP contribution in [0.3, 0.4) is 0 Å². The van der Waals surface area contributed by atoms with E-state index < -0.39 is 0 Å².